The van der Waals surface area contributed by atoms with Crippen LogP contribution in [0.1, 0.15) is 31.7 Å². The zero-order valence-corrected chi connectivity index (χ0v) is 10.4. The molecule has 0 bridgehead atoms. The maximum atomic E-state index is 5.97. The summed E-state index contributed by atoms with van der Waals surface area (Å²) in [5.41, 5.74) is 9.44. The van der Waals surface area contributed by atoms with Crippen molar-refractivity contribution in [1.29, 1.82) is 0 Å². The Hall–Kier alpha value is -1.18. The van der Waals surface area contributed by atoms with Crippen molar-refractivity contribution < 1.29 is 0 Å². The zero-order valence-electron chi connectivity index (χ0n) is 10.4. The van der Waals surface area contributed by atoms with E-state index in [1.165, 1.54) is 43.6 Å². The van der Waals surface area contributed by atoms with Crippen molar-refractivity contribution in [2.45, 2.75) is 33.1 Å². The van der Waals surface area contributed by atoms with Crippen molar-refractivity contribution in [3.63, 3.8) is 0 Å². The molecule has 1 saturated heterocycles. The van der Waals surface area contributed by atoms with E-state index in [1.807, 2.05) is 6.07 Å². The number of rotatable bonds is 1. The van der Waals surface area contributed by atoms with Crippen LogP contribution >= 0.6 is 0 Å². The van der Waals surface area contributed by atoms with Crippen molar-refractivity contribution in [2.24, 2.45) is 5.92 Å². The molecule has 1 aliphatic heterocycles. The van der Waals surface area contributed by atoms with Crippen LogP contribution in [0.15, 0.2) is 18.2 Å². The molecule has 2 heteroatoms. The maximum Gasteiger partial charge on any atom is 0.0416 e. The van der Waals surface area contributed by atoms with Crippen LogP contribution in [0, 0.1) is 12.8 Å². The average Bonchev–Trinajstić information content (AvgIpc) is 2.47. The van der Waals surface area contributed by atoms with E-state index in [0.717, 1.165) is 11.6 Å². The Labute approximate surface area is 98.4 Å². The fourth-order valence-corrected chi connectivity index (χ4v) is 2.49. The Kier molecular flexibility index (Phi) is 3.37. The van der Waals surface area contributed by atoms with E-state index in [1.54, 1.807) is 0 Å². The van der Waals surface area contributed by atoms with E-state index in [4.69, 9.17) is 5.73 Å². The summed E-state index contributed by atoms with van der Waals surface area (Å²) in [5.74, 6) is 0.867. The van der Waals surface area contributed by atoms with E-state index in [0.29, 0.717) is 0 Å². The second kappa shape index (κ2) is 4.77. The van der Waals surface area contributed by atoms with Gasteiger partial charge in [-0.25, -0.2) is 0 Å². The highest BCUT2D eigenvalue weighted by Crippen LogP contribution is 2.28. The first-order valence-electron chi connectivity index (χ1n) is 6.28. The lowest BCUT2D eigenvalue weighted by molar-refractivity contribution is 0.521. The number of anilines is 2. The van der Waals surface area contributed by atoms with Gasteiger partial charge in [0.05, 0.1) is 0 Å². The van der Waals surface area contributed by atoms with Crippen LogP contribution in [0.2, 0.25) is 0 Å². The quantitative estimate of drug-likeness (QED) is 0.733. The third-order valence-electron chi connectivity index (χ3n) is 3.70. The SMILES string of the molecule is Cc1c(N)cccc1N1CCCC(C)CC1. The number of nitrogen functional groups attached to an aromatic ring is 1. The Bertz CT molecular complexity index is 360. The molecule has 1 aromatic rings. The van der Waals surface area contributed by atoms with Gasteiger partial charge in [0.15, 0.2) is 0 Å². The first-order chi connectivity index (χ1) is 7.68. The van der Waals surface area contributed by atoms with E-state index in [2.05, 4.69) is 30.9 Å². The highest BCUT2D eigenvalue weighted by atomic mass is 15.1. The van der Waals surface area contributed by atoms with Crippen LogP contribution in [-0.2, 0) is 0 Å². The Morgan fingerprint density at radius 3 is 2.88 bits per heavy atom. The smallest absolute Gasteiger partial charge is 0.0416 e. The van der Waals surface area contributed by atoms with Gasteiger partial charge in [0.2, 0.25) is 0 Å². The third kappa shape index (κ3) is 2.31. The maximum absolute atomic E-state index is 5.97. The zero-order chi connectivity index (χ0) is 11.5. The van der Waals surface area contributed by atoms with E-state index in [9.17, 15) is 0 Å². The Balaban J connectivity index is 2.20. The van der Waals surface area contributed by atoms with Crippen molar-refractivity contribution in [2.75, 3.05) is 23.7 Å². The molecule has 0 saturated carbocycles. The monoisotopic (exact) mass is 218 g/mol. The molecule has 1 atom stereocenters. The fraction of sp³-hybridized carbons (Fsp3) is 0.571. The van der Waals surface area contributed by atoms with Crippen molar-refractivity contribution in [3.05, 3.63) is 23.8 Å². The van der Waals surface area contributed by atoms with Gasteiger partial charge >= 0.3 is 0 Å². The summed E-state index contributed by atoms with van der Waals surface area (Å²) in [7, 11) is 0. The van der Waals surface area contributed by atoms with Gasteiger partial charge in [-0.15, -0.1) is 0 Å². The lowest BCUT2D eigenvalue weighted by Gasteiger charge is -2.25. The molecule has 16 heavy (non-hydrogen) atoms. The molecule has 0 spiro atoms. The second-order valence-electron chi connectivity index (χ2n) is 5.01. The normalized spacial score (nSPS) is 21.9. The lowest BCUT2D eigenvalue weighted by atomic mass is 10.0. The molecule has 1 unspecified atom stereocenters. The average molecular weight is 218 g/mol. The van der Waals surface area contributed by atoms with Crippen LogP contribution < -0.4 is 10.6 Å². The summed E-state index contributed by atoms with van der Waals surface area (Å²) >= 11 is 0. The highest BCUT2D eigenvalue weighted by molar-refractivity contribution is 5.64. The molecule has 2 rings (SSSR count). The molecule has 88 valence electrons. The van der Waals surface area contributed by atoms with Gasteiger partial charge in [0.1, 0.15) is 0 Å². The number of nitrogens with two attached hydrogens (primary N) is 1. The van der Waals surface area contributed by atoms with Gasteiger partial charge in [-0.3, -0.25) is 0 Å². The minimum atomic E-state index is 0.867. The minimum Gasteiger partial charge on any atom is -0.398 e. The Morgan fingerprint density at radius 1 is 1.25 bits per heavy atom. The van der Waals surface area contributed by atoms with Gasteiger partial charge in [0.25, 0.3) is 0 Å². The molecular formula is C14H22N2. The molecule has 0 aromatic heterocycles. The van der Waals surface area contributed by atoms with Crippen LogP contribution in [0.5, 0.6) is 0 Å². The minimum absolute atomic E-state index is 0.867. The van der Waals surface area contributed by atoms with Gasteiger partial charge < -0.3 is 10.6 Å². The molecule has 0 aliphatic carbocycles. The summed E-state index contributed by atoms with van der Waals surface area (Å²) in [6.07, 6.45) is 3.96. The first-order valence-corrected chi connectivity index (χ1v) is 6.28. The van der Waals surface area contributed by atoms with E-state index in [-0.39, 0.29) is 0 Å². The van der Waals surface area contributed by atoms with Gasteiger partial charge in [-0.2, -0.15) is 0 Å². The van der Waals surface area contributed by atoms with Crippen molar-refractivity contribution in [1.82, 2.24) is 0 Å². The third-order valence-corrected chi connectivity index (χ3v) is 3.70. The summed E-state index contributed by atoms with van der Waals surface area (Å²) in [4.78, 5) is 2.50. The number of nitrogens with zero attached hydrogens (tertiary/aromatic N) is 1. The predicted octanol–water partition coefficient (Wildman–Crippen LogP) is 3.20. The van der Waals surface area contributed by atoms with E-state index < -0.39 is 0 Å². The number of benzene rings is 1. The lowest BCUT2D eigenvalue weighted by Crippen LogP contribution is -2.25. The summed E-state index contributed by atoms with van der Waals surface area (Å²) in [6, 6.07) is 6.24. The van der Waals surface area contributed by atoms with Crippen LogP contribution in [0.3, 0.4) is 0 Å². The molecule has 0 amide bonds. The summed E-state index contributed by atoms with van der Waals surface area (Å²) in [6.45, 7) is 6.83. The standard InChI is InChI=1S/C14H22N2/c1-11-5-4-9-16(10-8-11)14-7-3-6-13(15)12(14)2/h3,6-7,11H,4-5,8-10,15H2,1-2H3. The highest BCUT2D eigenvalue weighted by Gasteiger charge is 2.15. The van der Waals surface area contributed by atoms with Crippen molar-refractivity contribution in [3.8, 4) is 0 Å². The van der Waals surface area contributed by atoms with Gasteiger partial charge in [0, 0.05) is 24.5 Å². The van der Waals surface area contributed by atoms with Crippen molar-refractivity contribution >= 4 is 11.4 Å². The summed E-state index contributed by atoms with van der Waals surface area (Å²) in [5, 5.41) is 0. The largest absolute Gasteiger partial charge is 0.398 e. The molecular weight excluding hydrogens is 196 g/mol. The van der Waals surface area contributed by atoms with Crippen LogP contribution in [-0.4, -0.2) is 13.1 Å². The molecule has 1 aromatic carbocycles. The predicted molar refractivity (Wildman–Crippen MR) is 70.8 cm³/mol. The molecule has 1 heterocycles. The molecule has 1 aliphatic rings. The number of hydrogen-bond acceptors (Lipinski definition) is 2. The fourth-order valence-electron chi connectivity index (χ4n) is 2.49. The van der Waals surface area contributed by atoms with E-state index >= 15 is 0 Å². The number of hydrogen-bond donors (Lipinski definition) is 1. The molecule has 0 radical (unpaired) electrons. The Morgan fingerprint density at radius 2 is 2.06 bits per heavy atom. The first kappa shape index (κ1) is 11.3. The van der Waals surface area contributed by atoms with Crippen LogP contribution in [0.4, 0.5) is 11.4 Å². The molecule has 1 fully saturated rings. The van der Waals surface area contributed by atoms with Gasteiger partial charge in [-0.05, 0) is 49.8 Å². The van der Waals surface area contributed by atoms with Gasteiger partial charge in [-0.1, -0.05) is 13.0 Å². The molecule has 2 nitrogen and oxygen atoms in total. The topological polar surface area (TPSA) is 29.3 Å². The molecule has 2 N–H and O–H groups in total. The summed E-state index contributed by atoms with van der Waals surface area (Å²) < 4.78 is 0. The second-order valence-corrected chi connectivity index (χ2v) is 5.01. The van der Waals surface area contributed by atoms with Crippen LogP contribution in [0.25, 0.3) is 0 Å².